The minimum atomic E-state index is 0.0894. The number of nitrogens with zero attached hydrogens (tertiary/aromatic N) is 2. The van der Waals surface area contributed by atoms with E-state index < -0.39 is 0 Å². The van der Waals surface area contributed by atoms with Gasteiger partial charge in [0.25, 0.3) is 0 Å². The van der Waals surface area contributed by atoms with E-state index in [0.29, 0.717) is 26.2 Å². The van der Waals surface area contributed by atoms with E-state index >= 15 is 0 Å². The molecule has 3 aromatic rings. The smallest absolute Gasteiger partial charge is 0.242 e. The number of fused-ring (bicyclic) bond motifs is 2. The maximum absolute atomic E-state index is 12.8. The number of para-hydroxylation sites is 2. The zero-order valence-corrected chi connectivity index (χ0v) is 16.2. The lowest BCUT2D eigenvalue weighted by molar-refractivity contribution is -0.129. The van der Waals surface area contributed by atoms with Gasteiger partial charge in [-0.05, 0) is 46.7 Å². The third-order valence-corrected chi connectivity index (χ3v) is 5.11. The molecule has 0 aliphatic carbocycles. The molecule has 3 aromatic carbocycles. The predicted molar refractivity (Wildman–Crippen MR) is 111 cm³/mol. The molecule has 0 saturated carbocycles. The van der Waals surface area contributed by atoms with E-state index in [9.17, 15) is 4.79 Å². The molecule has 144 valence electrons. The maximum atomic E-state index is 12.8. The molecule has 0 spiro atoms. The van der Waals surface area contributed by atoms with E-state index in [4.69, 9.17) is 9.47 Å². The topological polar surface area (TPSA) is 42.0 Å². The second-order valence-corrected chi connectivity index (χ2v) is 7.03. The summed E-state index contributed by atoms with van der Waals surface area (Å²) < 4.78 is 11.0. The van der Waals surface area contributed by atoms with Crippen LogP contribution in [0.5, 0.6) is 11.5 Å². The van der Waals surface area contributed by atoms with Crippen LogP contribution in [0, 0.1) is 0 Å². The Labute approximate surface area is 165 Å². The third kappa shape index (κ3) is 3.74. The standard InChI is InChI=1S/C23H24N2O3/c1-24(15-17-7-8-19-14-20(27-2)10-9-18(19)13-17)23(26)16-25-11-12-28-22-6-4-3-5-21(22)25/h3-10,13-14H,11-12,15-16H2,1-2H3. The number of hydrogen-bond acceptors (Lipinski definition) is 4. The van der Waals surface area contributed by atoms with Crippen LogP contribution in [0.3, 0.4) is 0 Å². The summed E-state index contributed by atoms with van der Waals surface area (Å²) in [5.74, 6) is 1.78. The van der Waals surface area contributed by atoms with Crippen molar-refractivity contribution in [3.63, 3.8) is 0 Å². The summed E-state index contributed by atoms with van der Waals surface area (Å²) in [6.45, 7) is 2.24. The fourth-order valence-corrected chi connectivity index (χ4v) is 3.54. The van der Waals surface area contributed by atoms with E-state index in [1.54, 1.807) is 12.0 Å². The van der Waals surface area contributed by atoms with Crippen molar-refractivity contribution in [2.24, 2.45) is 0 Å². The summed E-state index contributed by atoms with van der Waals surface area (Å²) in [5.41, 5.74) is 2.09. The predicted octanol–water partition coefficient (Wildman–Crippen LogP) is 3.71. The van der Waals surface area contributed by atoms with Crippen molar-refractivity contribution in [3.8, 4) is 11.5 Å². The number of carbonyl (C=O) groups excluding carboxylic acids is 1. The Morgan fingerprint density at radius 1 is 1.11 bits per heavy atom. The monoisotopic (exact) mass is 376 g/mol. The van der Waals surface area contributed by atoms with E-state index in [2.05, 4.69) is 23.1 Å². The highest BCUT2D eigenvalue weighted by Crippen LogP contribution is 2.30. The van der Waals surface area contributed by atoms with Gasteiger partial charge in [-0.1, -0.05) is 30.3 Å². The first-order valence-electron chi connectivity index (χ1n) is 9.41. The normalized spacial score (nSPS) is 13.0. The van der Waals surface area contributed by atoms with Crippen molar-refractivity contribution in [1.82, 2.24) is 4.90 Å². The second-order valence-electron chi connectivity index (χ2n) is 7.03. The van der Waals surface area contributed by atoms with Crippen LogP contribution in [-0.4, -0.2) is 44.7 Å². The van der Waals surface area contributed by atoms with Crippen molar-refractivity contribution >= 4 is 22.4 Å². The molecular formula is C23H24N2O3. The Hall–Kier alpha value is -3.21. The Morgan fingerprint density at radius 3 is 2.75 bits per heavy atom. The highest BCUT2D eigenvalue weighted by molar-refractivity contribution is 5.85. The molecule has 5 nitrogen and oxygen atoms in total. The van der Waals surface area contributed by atoms with E-state index in [1.807, 2.05) is 49.5 Å². The quantitative estimate of drug-likeness (QED) is 0.681. The molecule has 0 atom stereocenters. The SMILES string of the molecule is COc1ccc2cc(CN(C)C(=O)CN3CCOc4ccccc43)ccc2c1. The number of amides is 1. The van der Waals surface area contributed by atoms with Gasteiger partial charge in [0.15, 0.2) is 0 Å². The van der Waals surface area contributed by atoms with Crippen molar-refractivity contribution < 1.29 is 14.3 Å². The summed E-state index contributed by atoms with van der Waals surface area (Å²) in [6, 6.07) is 20.1. The van der Waals surface area contributed by atoms with Crippen LogP contribution in [-0.2, 0) is 11.3 Å². The lowest BCUT2D eigenvalue weighted by Gasteiger charge is -2.32. The summed E-state index contributed by atoms with van der Waals surface area (Å²) in [7, 11) is 3.52. The minimum Gasteiger partial charge on any atom is -0.497 e. The molecule has 28 heavy (non-hydrogen) atoms. The molecule has 0 fully saturated rings. The first-order chi connectivity index (χ1) is 13.6. The average Bonchev–Trinajstić information content (AvgIpc) is 2.73. The van der Waals surface area contributed by atoms with Crippen LogP contribution in [0.25, 0.3) is 10.8 Å². The zero-order chi connectivity index (χ0) is 19.5. The zero-order valence-electron chi connectivity index (χ0n) is 16.2. The largest absolute Gasteiger partial charge is 0.497 e. The fourth-order valence-electron chi connectivity index (χ4n) is 3.54. The maximum Gasteiger partial charge on any atom is 0.242 e. The first kappa shape index (κ1) is 18.2. The van der Waals surface area contributed by atoms with Gasteiger partial charge < -0.3 is 19.3 Å². The van der Waals surface area contributed by atoms with E-state index in [-0.39, 0.29) is 5.91 Å². The molecule has 5 heteroatoms. The van der Waals surface area contributed by atoms with Crippen LogP contribution >= 0.6 is 0 Å². The van der Waals surface area contributed by atoms with Crippen molar-refractivity contribution in [2.75, 3.05) is 38.8 Å². The number of hydrogen-bond donors (Lipinski definition) is 0. The van der Waals surface area contributed by atoms with E-state index in [0.717, 1.165) is 33.5 Å². The molecule has 1 aliphatic rings. The van der Waals surface area contributed by atoms with Gasteiger partial charge >= 0.3 is 0 Å². The first-order valence-corrected chi connectivity index (χ1v) is 9.41. The van der Waals surface area contributed by atoms with Crippen molar-refractivity contribution in [3.05, 3.63) is 66.2 Å². The Kier molecular flexibility index (Phi) is 5.06. The van der Waals surface area contributed by atoms with E-state index in [1.165, 1.54) is 0 Å². The Bertz CT molecular complexity index is 1000. The van der Waals surface area contributed by atoms with Gasteiger partial charge in [0.2, 0.25) is 5.91 Å². The number of likely N-dealkylation sites (N-methyl/N-ethyl adjacent to an activating group) is 1. The molecule has 4 rings (SSSR count). The molecule has 0 bridgehead atoms. The van der Waals surface area contributed by atoms with Gasteiger partial charge in [0, 0.05) is 13.6 Å². The number of ether oxygens (including phenoxy) is 2. The third-order valence-electron chi connectivity index (χ3n) is 5.11. The van der Waals surface area contributed by atoms with Crippen molar-refractivity contribution in [2.45, 2.75) is 6.54 Å². The van der Waals surface area contributed by atoms with Crippen LogP contribution in [0.4, 0.5) is 5.69 Å². The Balaban J connectivity index is 1.44. The summed E-state index contributed by atoms with van der Waals surface area (Å²) in [5, 5.41) is 2.27. The van der Waals surface area contributed by atoms with Gasteiger partial charge in [-0.25, -0.2) is 0 Å². The summed E-state index contributed by atoms with van der Waals surface area (Å²) in [4.78, 5) is 16.7. The van der Waals surface area contributed by atoms with Crippen LogP contribution in [0.2, 0.25) is 0 Å². The summed E-state index contributed by atoms with van der Waals surface area (Å²) in [6.07, 6.45) is 0. The fraction of sp³-hybridized carbons (Fsp3) is 0.261. The molecule has 0 saturated heterocycles. The average molecular weight is 376 g/mol. The van der Waals surface area contributed by atoms with Gasteiger partial charge in [-0.3, -0.25) is 4.79 Å². The number of benzene rings is 3. The molecule has 0 radical (unpaired) electrons. The molecule has 0 unspecified atom stereocenters. The van der Waals surface area contributed by atoms with Gasteiger partial charge in [-0.2, -0.15) is 0 Å². The van der Waals surface area contributed by atoms with Crippen LogP contribution in [0.15, 0.2) is 60.7 Å². The molecule has 1 aliphatic heterocycles. The molecule has 1 amide bonds. The van der Waals surface area contributed by atoms with Crippen LogP contribution < -0.4 is 14.4 Å². The number of carbonyl (C=O) groups is 1. The van der Waals surface area contributed by atoms with Gasteiger partial charge in [0.1, 0.15) is 18.1 Å². The summed E-state index contributed by atoms with van der Waals surface area (Å²) >= 11 is 0. The van der Waals surface area contributed by atoms with Crippen LogP contribution in [0.1, 0.15) is 5.56 Å². The van der Waals surface area contributed by atoms with Gasteiger partial charge in [0.05, 0.1) is 25.9 Å². The highest BCUT2D eigenvalue weighted by Gasteiger charge is 2.21. The molecule has 0 aromatic heterocycles. The Morgan fingerprint density at radius 2 is 1.89 bits per heavy atom. The molecular weight excluding hydrogens is 352 g/mol. The van der Waals surface area contributed by atoms with Gasteiger partial charge in [-0.15, -0.1) is 0 Å². The lowest BCUT2D eigenvalue weighted by Crippen LogP contribution is -2.41. The number of anilines is 1. The minimum absolute atomic E-state index is 0.0894. The number of methoxy groups -OCH3 is 1. The van der Waals surface area contributed by atoms with Crippen molar-refractivity contribution in [1.29, 1.82) is 0 Å². The molecule has 1 heterocycles. The lowest BCUT2D eigenvalue weighted by atomic mass is 10.1. The molecule has 0 N–H and O–H groups in total. The second kappa shape index (κ2) is 7.80. The number of rotatable bonds is 5. The highest BCUT2D eigenvalue weighted by atomic mass is 16.5.